The second kappa shape index (κ2) is 7.33. The van der Waals surface area contributed by atoms with Gasteiger partial charge >= 0.3 is 5.69 Å². The molecular weight excluding hydrogens is 392 g/mol. The van der Waals surface area contributed by atoms with Crippen LogP contribution in [0.4, 0.5) is 0 Å². The maximum atomic E-state index is 13.2. The number of aryl methyl sites for hydroxylation is 2. The predicted octanol–water partition coefficient (Wildman–Crippen LogP) is 4.03. The summed E-state index contributed by atoms with van der Waals surface area (Å²) in [4.78, 5) is 42.3. The number of fused-ring (bicyclic) bond motifs is 1. The van der Waals surface area contributed by atoms with Gasteiger partial charge in [0, 0.05) is 9.75 Å². The lowest BCUT2D eigenvalue weighted by atomic mass is 10.3. The first-order valence-corrected chi connectivity index (χ1v) is 10.6. The number of carbonyl (C=O) groups excluding carboxylic acids is 1. The van der Waals surface area contributed by atoms with Gasteiger partial charge in [0.15, 0.2) is 5.78 Å². The van der Waals surface area contributed by atoms with Crippen LogP contribution in [0.5, 0.6) is 0 Å². The topological polar surface area (TPSA) is 61.1 Å². The number of aromatic nitrogens is 2. The van der Waals surface area contributed by atoms with E-state index >= 15 is 0 Å². The van der Waals surface area contributed by atoms with E-state index in [9.17, 15) is 14.4 Å². The predicted molar refractivity (Wildman–Crippen MR) is 114 cm³/mol. The number of benzene rings is 1. The van der Waals surface area contributed by atoms with Crippen molar-refractivity contribution in [3.05, 3.63) is 84.0 Å². The fourth-order valence-electron chi connectivity index (χ4n) is 3.15. The highest BCUT2D eigenvalue weighted by Crippen LogP contribution is 2.23. The molecule has 0 radical (unpaired) electrons. The number of para-hydroxylation sites is 1. The van der Waals surface area contributed by atoms with Crippen LogP contribution in [0.2, 0.25) is 0 Å². The molecule has 4 aromatic rings. The quantitative estimate of drug-likeness (QED) is 0.467. The van der Waals surface area contributed by atoms with E-state index in [0.29, 0.717) is 20.8 Å². The number of carbonyl (C=O) groups is 1. The SMILES string of the molecule is CCc1ccc(C(=O)Cn2c(=O)n(-c3ccccc3)c(=O)c3cc(C)sc32)s1. The van der Waals surface area contributed by atoms with Crippen molar-refractivity contribution in [2.75, 3.05) is 0 Å². The van der Waals surface area contributed by atoms with Crippen LogP contribution in [0, 0.1) is 6.92 Å². The van der Waals surface area contributed by atoms with Crippen LogP contribution >= 0.6 is 22.7 Å². The molecular formula is C21H18N2O3S2. The second-order valence-electron chi connectivity index (χ2n) is 6.46. The zero-order chi connectivity index (χ0) is 19.8. The van der Waals surface area contributed by atoms with Crippen molar-refractivity contribution in [1.29, 1.82) is 0 Å². The Labute approximate surface area is 169 Å². The molecule has 5 nitrogen and oxygen atoms in total. The Kier molecular flexibility index (Phi) is 4.87. The van der Waals surface area contributed by atoms with Crippen LogP contribution in [-0.4, -0.2) is 14.9 Å². The monoisotopic (exact) mass is 410 g/mol. The highest BCUT2D eigenvalue weighted by atomic mass is 32.1. The van der Waals surface area contributed by atoms with Crippen molar-refractivity contribution >= 4 is 38.7 Å². The average Bonchev–Trinajstić information content (AvgIpc) is 3.33. The lowest BCUT2D eigenvalue weighted by molar-refractivity contribution is 0.0975. The third-order valence-corrected chi connectivity index (χ3v) is 6.88. The van der Waals surface area contributed by atoms with Gasteiger partial charge in [-0.15, -0.1) is 22.7 Å². The molecule has 0 amide bonds. The third-order valence-electron chi connectivity index (χ3n) is 4.54. The molecule has 0 bridgehead atoms. The summed E-state index contributed by atoms with van der Waals surface area (Å²) < 4.78 is 2.57. The largest absolute Gasteiger partial charge is 0.337 e. The Hall–Kier alpha value is -2.77. The Morgan fingerprint density at radius 3 is 2.46 bits per heavy atom. The zero-order valence-electron chi connectivity index (χ0n) is 15.5. The number of ketones is 1. The number of hydrogen-bond acceptors (Lipinski definition) is 5. The van der Waals surface area contributed by atoms with Gasteiger partial charge in [0.05, 0.1) is 22.5 Å². The van der Waals surface area contributed by atoms with Gasteiger partial charge in [-0.2, -0.15) is 0 Å². The first-order valence-electron chi connectivity index (χ1n) is 8.93. The molecule has 0 aliphatic carbocycles. The van der Waals surface area contributed by atoms with Gasteiger partial charge in [-0.1, -0.05) is 25.1 Å². The van der Waals surface area contributed by atoms with Gasteiger partial charge in [0.2, 0.25) is 0 Å². The smallest absolute Gasteiger partial charge is 0.291 e. The van der Waals surface area contributed by atoms with Crippen LogP contribution in [0.15, 0.2) is 58.1 Å². The fourth-order valence-corrected chi connectivity index (χ4v) is 5.02. The highest BCUT2D eigenvalue weighted by Gasteiger charge is 2.19. The third kappa shape index (κ3) is 3.16. The summed E-state index contributed by atoms with van der Waals surface area (Å²) in [5, 5.41) is 0.458. The molecule has 142 valence electrons. The molecule has 0 saturated heterocycles. The first-order chi connectivity index (χ1) is 13.5. The molecule has 0 N–H and O–H groups in total. The van der Waals surface area contributed by atoms with Gasteiger partial charge < -0.3 is 0 Å². The summed E-state index contributed by atoms with van der Waals surface area (Å²) in [5.41, 5.74) is -0.358. The van der Waals surface area contributed by atoms with Crippen molar-refractivity contribution in [3.63, 3.8) is 0 Å². The van der Waals surface area contributed by atoms with E-state index < -0.39 is 5.69 Å². The Morgan fingerprint density at radius 1 is 1.04 bits per heavy atom. The summed E-state index contributed by atoms with van der Waals surface area (Å²) >= 11 is 2.81. The molecule has 0 atom stereocenters. The molecule has 0 aliphatic heterocycles. The summed E-state index contributed by atoms with van der Waals surface area (Å²) in [5.74, 6) is -0.127. The molecule has 3 aromatic heterocycles. The van der Waals surface area contributed by atoms with Crippen LogP contribution < -0.4 is 11.2 Å². The summed E-state index contributed by atoms with van der Waals surface area (Å²) in [6.07, 6.45) is 0.866. The van der Waals surface area contributed by atoms with Crippen LogP contribution in [0.25, 0.3) is 15.9 Å². The van der Waals surface area contributed by atoms with Crippen LogP contribution in [-0.2, 0) is 13.0 Å². The summed E-state index contributed by atoms with van der Waals surface area (Å²) in [7, 11) is 0. The van der Waals surface area contributed by atoms with E-state index in [-0.39, 0.29) is 17.9 Å². The Morgan fingerprint density at radius 2 is 1.79 bits per heavy atom. The van der Waals surface area contributed by atoms with Crippen molar-refractivity contribution in [3.8, 4) is 5.69 Å². The Bertz CT molecular complexity index is 1290. The van der Waals surface area contributed by atoms with Crippen LogP contribution in [0.3, 0.4) is 0 Å². The second-order valence-corrected chi connectivity index (χ2v) is 8.87. The molecule has 0 fully saturated rings. The molecule has 28 heavy (non-hydrogen) atoms. The first kappa shape index (κ1) is 18.6. The molecule has 0 unspecified atom stereocenters. The van der Waals surface area contributed by atoms with Gasteiger partial charge in [-0.05, 0) is 43.7 Å². The van der Waals surface area contributed by atoms with Crippen molar-refractivity contribution in [2.24, 2.45) is 0 Å². The maximum absolute atomic E-state index is 13.2. The minimum absolute atomic E-state index is 0.0912. The summed E-state index contributed by atoms with van der Waals surface area (Å²) in [6, 6.07) is 14.3. The fraction of sp³-hybridized carbons (Fsp3) is 0.190. The zero-order valence-corrected chi connectivity index (χ0v) is 17.1. The van der Waals surface area contributed by atoms with E-state index in [2.05, 4.69) is 0 Å². The van der Waals surface area contributed by atoms with Crippen molar-refractivity contribution < 1.29 is 4.79 Å². The maximum Gasteiger partial charge on any atom is 0.337 e. The number of rotatable bonds is 5. The van der Waals surface area contributed by atoms with E-state index in [0.717, 1.165) is 20.7 Å². The van der Waals surface area contributed by atoms with Gasteiger partial charge in [-0.25, -0.2) is 9.36 Å². The standard InChI is InChI=1S/C21H18N2O3S2/c1-3-15-9-10-18(28-15)17(24)12-22-20-16(11-13(2)27-20)19(25)23(21(22)26)14-7-5-4-6-8-14/h4-11H,3,12H2,1-2H3. The van der Waals surface area contributed by atoms with Crippen molar-refractivity contribution in [1.82, 2.24) is 9.13 Å². The van der Waals surface area contributed by atoms with Gasteiger partial charge in [-0.3, -0.25) is 14.2 Å². The lowest BCUT2D eigenvalue weighted by Crippen LogP contribution is -2.39. The normalized spacial score (nSPS) is 11.2. The highest BCUT2D eigenvalue weighted by molar-refractivity contribution is 7.18. The Balaban J connectivity index is 1.91. The summed E-state index contributed by atoms with van der Waals surface area (Å²) in [6.45, 7) is 3.84. The molecule has 7 heteroatoms. The molecule has 4 rings (SSSR count). The number of thiophene rings is 2. The lowest BCUT2D eigenvalue weighted by Gasteiger charge is -2.11. The van der Waals surface area contributed by atoms with Crippen LogP contribution in [0.1, 0.15) is 26.3 Å². The number of nitrogens with zero attached hydrogens (tertiary/aromatic N) is 2. The van der Waals surface area contributed by atoms with E-state index in [1.54, 1.807) is 36.4 Å². The van der Waals surface area contributed by atoms with Gasteiger partial charge in [0.1, 0.15) is 4.83 Å². The number of Topliss-reactive ketones (excluding diaryl/α,β-unsaturated/α-hetero) is 1. The molecule has 1 aromatic carbocycles. The van der Waals surface area contributed by atoms with Gasteiger partial charge in [0.25, 0.3) is 5.56 Å². The molecule has 0 spiro atoms. The van der Waals surface area contributed by atoms with E-state index in [1.165, 1.54) is 27.2 Å². The van der Waals surface area contributed by atoms with Crippen molar-refractivity contribution in [2.45, 2.75) is 26.8 Å². The minimum atomic E-state index is -0.494. The minimum Gasteiger partial charge on any atom is -0.291 e. The molecule has 3 heterocycles. The van der Waals surface area contributed by atoms with E-state index in [4.69, 9.17) is 0 Å². The molecule has 0 saturated carbocycles. The average molecular weight is 411 g/mol. The number of hydrogen-bond donors (Lipinski definition) is 0. The molecule has 0 aliphatic rings. The van der Waals surface area contributed by atoms with E-state index in [1.807, 2.05) is 26.0 Å².